The van der Waals surface area contributed by atoms with Crippen molar-refractivity contribution in [1.29, 1.82) is 0 Å². The smallest absolute Gasteiger partial charge is 0.303 e. The molecule has 0 aromatic carbocycles. The summed E-state index contributed by atoms with van der Waals surface area (Å²) in [6, 6.07) is 0. The van der Waals surface area contributed by atoms with Gasteiger partial charge >= 0.3 is 5.97 Å². The van der Waals surface area contributed by atoms with Gasteiger partial charge in [-0.25, -0.2) is 0 Å². The molecule has 0 aromatic rings. The quantitative estimate of drug-likeness (QED) is 0.695. The molecule has 0 bridgehead atoms. The molecular weight excluding hydrogens is 217 g/mol. The molecule has 0 amide bonds. The molecule has 2 nitrogen and oxygen atoms in total. The molecule has 0 aromatic heterocycles. The summed E-state index contributed by atoms with van der Waals surface area (Å²) in [6.07, 6.45) is 1.02. The van der Waals surface area contributed by atoms with Gasteiger partial charge in [0.1, 0.15) is 0 Å². The third kappa shape index (κ3) is 11.0. The summed E-state index contributed by atoms with van der Waals surface area (Å²) in [5.41, 5.74) is 0. The van der Waals surface area contributed by atoms with E-state index in [1.165, 1.54) is 0 Å². The number of carboxylic acids is 1. The molecule has 0 unspecified atom stereocenters. The van der Waals surface area contributed by atoms with Crippen molar-refractivity contribution in [2.75, 3.05) is 0 Å². The van der Waals surface area contributed by atoms with Crippen LogP contribution in [0.5, 0.6) is 0 Å². The Bertz CT molecular complexity index is 53.7. The van der Waals surface area contributed by atoms with Crippen LogP contribution < -0.4 is 0 Å². The summed E-state index contributed by atoms with van der Waals surface area (Å²) >= 11 is 0. The van der Waals surface area contributed by atoms with Crippen LogP contribution in [0, 0.1) is 0 Å². The topological polar surface area (TPSA) is 37.3 Å². The molecule has 2 radical (unpaired) electrons. The first-order valence-electron chi connectivity index (χ1n) is 1.99. The van der Waals surface area contributed by atoms with Crippen LogP contribution >= 0.6 is 0 Å². The fourth-order valence-electron chi connectivity index (χ4n) is 0.214. The Kier molecular flexibility index (Phi) is 11.0. The van der Waals surface area contributed by atoms with E-state index in [1.807, 2.05) is 6.92 Å². The van der Waals surface area contributed by atoms with Crippen molar-refractivity contribution in [3.63, 3.8) is 0 Å². The molecule has 0 heterocycles. The first-order chi connectivity index (χ1) is 2.77. The summed E-state index contributed by atoms with van der Waals surface area (Å²) in [5, 5.41) is 7.91. The molecule has 0 saturated carbocycles. The first kappa shape index (κ1) is 10.9. The van der Waals surface area contributed by atoms with Crippen molar-refractivity contribution in [2.45, 2.75) is 19.8 Å². The van der Waals surface area contributed by atoms with Crippen LogP contribution in [0.2, 0.25) is 0 Å². The fraction of sp³-hybridized carbons (Fsp3) is 0.750. The van der Waals surface area contributed by atoms with E-state index in [0.29, 0.717) is 6.42 Å². The van der Waals surface area contributed by atoms with E-state index in [1.54, 1.807) is 0 Å². The molecule has 38 valence electrons. The Labute approximate surface area is 83.4 Å². The molecule has 1 N–H and O–H groups in total. The number of hydrogen-bond acceptors (Lipinski definition) is 1. The van der Waals surface area contributed by atoms with Crippen LogP contribution in [0.4, 0.5) is 0 Å². The number of carboxylic acid groups (broad SMARTS) is 1. The maximum Gasteiger partial charge on any atom is 0.303 e. The van der Waals surface area contributed by atoms with Crippen molar-refractivity contribution in [1.82, 2.24) is 0 Å². The first-order valence-corrected chi connectivity index (χ1v) is 1.99. The van der Waals surface area contributed by atoms with Gasteiger partial charge in [-0.1, -0.05) is 6.92 Å². The van der Waals surface area contributed by atoms with Crippen molar-refractivity contribution >= 4 is 54.9 Å². The van der Waals surface area contributed by atoms with E-state index in [2.05, 4.69) is 0 Å². The van der Waals surface area contributed by atoms with Gasteiger partial charge in [0.05, 0.1) is 0 Å². The van der Waals surface area contributed by atoms with Gasteiger partial charge in [-0.2, -0.15) is 0 Å². The van der Waals surface area contributed by atoms with E-state index in [4.69, 9.17) is 5.11 Å². The zero-order valence-corrected chi connectivity index (χ0v) is 8.92. The molecular formula is C4H8BaO2. The van der Waals surface area contributed by atoms with Gasteiger partial charge < -0.3 is 5.11 Å². The fourth-order valence-corrected chi connectivity index (χ4v) is 0.214. The van der Waals surface area contributed by atoms with Gasteiger partial charge in [0.25, 0.3) is 0 Å². The van der Waals surface area contributed by atoms with Crippen LogP contribution in [-0.4, -0.2) is 60.0 Å². The minimum absolute atomic E-state index is 0. The van der Waals surface area contributed by atoms with E-state index in [9.17, 15) is 4.79 Å². The van der Waals surface area contributed by atoms with Gasteiger partial charge in [0.2, 0.25) is 0 Å². The third-order valence-corrected chi connectivity index (χ3v) is 0.464. The number of carbonyl (C=O) groups is 1. The third-order valence-electron chi connectivity index (χ3n) is 0.464. The summed E-state index contributed by atoms with van der Waals surface area (Å²) < 4.78 is 0. The molecule has 3 heteroatoms. The Morgan fingerprint density at radius 2 is 2.14 bits per heavy atom. The van der Waals surface area contributed by atoms with Gasteiger partial charge in [0, 0.05) is 55.3 Å². The van der Waals surface area contributed by atoms with Crippen LogP contribution in [0.3, 0.4) is 0 Å². The SMILES string of the molecule is CCCC(=O)O.[Ba]. The van der Waals surface area contributed by atoms with Crippen molar-refractivity contribution in [3.05, 3.63) is 0 Å². The van der Waals surface area contributed by atoms with Gasteiger partial charge in [0.15, 0.2) is 0 Å². The summed E-state index contributed by atoms with van der Waals surface area (Å²) in [6.45, 7) is 1.84. The van der Waals surface area contributed by atoms with Crippen molar-refractivity contribution in [3.8, 4) is 0 Å². The minimum atomic E-state index is -0.711. The molecule has 7 heavy (non-hydrogen) atoms. The standard InChI is InChI=1S/C4H8O2.Ba/c1-2-3-4(5)6;/h2-3H2,1H3,(H,5,6);. The van der Waals surface area contributed by atoms with E-state index < -0.39 is 5.97 Å². The second kappa shape index (κ2) is 7.04. The van der Waals surface area contributed by atoms with Crippen LogP contribution in [0.25, 0.3) is 0 Å². The van der Waals surface area contributed by atoms with Crippen molar-refractivity contribution in [2.24, 2.45) is 0 Å². The Morgan fingerprint density at radius 3 is 2.14 bits per heavy atom. The molecule has 0 spiro atoms. The minimum Gasteiger partial charge on any atom is -0.481 e. The van der Waals surface area contributed by atoms with Crippen LogP contribution in [0.15, 0.2) is 0 Å². The second-order valence-corrected chi connectivity index (χ2v) is 1.14. The average molecular weight is 225 g/mol. The second-order valence-electron chi connectivity index (χ2n) is 1.14. The summed E-state index contributed by atoms with van der Waals surface area (Å²) in [5.74, 6) is -0.711. The van der Waals surface area contributed by atoms with Gasteiger partial charge in [-0.3, -0.25) is 4.79 Å². The number of aliphatic carboxylic acids is 1. The number of hydrogen-bond donors (Lipinski definition) is 1. The summed E-state index contributed by atoms with van der Waals surface area (Å²) in [4.78, 5) is 9.60. The molecule has 0 rings (SSSR count). The van der Waals surface area contributed by atoms with E-state index >= 15 is 0 Å². The largest absolute Gasteiger partial charge is 0.481 e. The zero-order chi connectivity index (χ0) is 4.99. The maximum absolute atomic E-state index is 9.60. The molecule has 0 aliphatic rings. The van der Waals surface area contributed by atoms with E-state index in [0.717, 1.165) is 6.42 Å². The molecule has 0 fully saturated rings. The molecule has 0 aliphatic carbocycles. The molecule has 0 saturated heterocycles. The van der Waals surface area contributed by atoms with Gasteiger partial charge in [-0.05, 0) is 6.42 Å². The van der Waals surface area contributed by atoms with Crippen molar-refractivity contribution < 1.29 is 9.90 Å². The maximum atomic E-state index is 9.60. The Morgan fingerprint density at radius 1 is 1.71 bits per heavy atom. The summed E-state index contributed by atoms with van der Waals surface area (Å²) in [7, 11) is 0. The van der Waals surface area contributed by atoms with Crippen LogP contribution in [0.1, 0.15) is 19.8 Å². The monoisotopic (exact) mass is 226 g/mol. The van der Waals surface area contributed by atoms with Gasteiger partial charge in [-0.15, -0.1) is 0 Å². The number of rotatable bonds is 2. The predicted octanol–water partition coefficient (Wildman–Crippen LogP) is 0.490. The Hall–Kier alpha value is 1.04. The molecule has 0 atom stereocenters. The van der Waals surface area contributed by atoms with Crippen LogP contribution in [-0.2, 0) is 4.79 Å². The normalized spacial score (nSPS) is 7.00. The average Bonchev–Trinajstić information content (AvgIpc) is 1.35. The predicted molar refractivity (Wildman–Crippen MR) is 28.3 cm³/mol. The zero-order valence-electron chi connectivity index (χ0n) is 4.48. The molecule has 0 aliphatic heterocycles. The van der Waals surface area contributed by atoms with E-state index in [-0.39, 0.29) is 48.9 Å². The Balaban J connectivity index is 0.